The maximum Gasteiger partial charge on any atom is 0.243 e. The van der Waals surface area contributed by atoms with Crippen LogP contribution in [0, 0.1) is 0 Å². The number of aromatic nitrogens is 2. The standard InChI is InChI=1S/C24H29N5O7/c25-29-26-11-2-12-34-16-9-6-14(7-10-16)5-8-15-3-1-4-17-19(15)23(28-27-17)36-24-22(33)21(32)20(31)18(13-30)35-24/h1,3-4,6-7,9-10,18,20-22,24,30-33H,2,5,8,11-13H2,(H,27,28)/t18-,20-,21+,22-,24+/m1/s1. The van der Waals surface area contributed by atoms with Gasteiger partial charge in [0.1, 0.15) is 30.2 Å². The summed E-state index contributed by atoms with van der Waals surface area (Å²) in [6.45, 7) is 0.325. The zero-order valence-corrected chi connectivity index (χ0v) is 19.5. The summed E-state index contributed by atoms with van der Waals surface area (Å²) in [5.74, 6) is 0.932. The molecule has 2 heterocycles. The molecule has 0 spiro atoms. The van der Waals surface area contributed by atoms with Gasteiger partial charge in [0, 0.05) is 11.5 Å². The minimum atomic E-state index is -1.54. The molecule has 192 valence electrons. The van der Waals surface area contributed by atoms with Gasteiger partial charge in [0.05, 0.1) is 24.1 Å². The maximum atomic E-state index is 10.3. The molecule has 0 unspecified atom stereocenters. The van der Waals surface area contributed by atoms with E-state index in [1.54, 1.807) is 0 Å². The number of aryl methyl sites for hydroxylation is 2. The summed E-state index contributed by atoms with van der Waals surface area (Å²) >= 11 is 0. The Morgan fingerprint density at radius 1 is 1.06 bits per heavy atom. The quantitative estimate of drug-likeness (QED) is 0.114. The van der Waals surface area contributed by atoms with Crippen LogP contribution in [0.5, 0.6) is 11.6 Å². The Morgan fingerprint density at radius 3 is 2.61 bits per heavy atom. The van der Waals surface area contributed by atoms with Gasteiger partial charge in [0.25, 0.3) is 0 Å². The molecular formula is C24H29N5O7. The Kier molecular flexibility index (Phi) is 8.60. The van der Waals surface area contributed by atoms with E-state index in [0.29, 0.717) is 26.0 Å². The highest BCUT2D eigenvalue weighted by Gasteiger charge is 2.45. The van der Waals surface area contributed by atoms with Gasteiger partial charge in [-0.1, -0.05) is 29.4 Å². The molecular weight excluding hydrogens is 470 g/mol. The normalized spacial score (nSPS) is 23.8. The Hall–Kier alpha value is -3.38. The van der Waals surface area contributed by atoms with Gasteiger partial charge < -0.3 is 34.6 Å². The predicted molar refractivity (Wildman–Crippen MR) is 128 cm³/mol. The van der Waals surface area contributed by atoms with Crippen molar-refractivity contribution in [3.8, 4) is 11.6 Å². The fourth-order valence-corrected chi connectivity index (χ4v) is 4.08. The van der Waals surface area contributed by atoms with E-state index >= 15 is 0 Å². The van der Waals surface area contributed by atoms with Crippen molar-refractivity contribution < 1.29 is 34.6 Å². The number of aromatic amines is 1. The lowest BCUT2D eigenvalue weighted by atomic mass is 9.99. The number of hydrogen-bond donors (Lipinski definition) is 5. The van der Waals surface area contributed by atoms with E-state index in [4.69, 9.17) is 19.7 Å². The van der Waals surface area contributed by atoms with Crippen LogP contribution >= 0.6 is 0 Å². The first kappa shape index (κ1) is 25.7. The zero-order valence-electron chi connectivity index (χ0n) is 19.5. The molecule has 3 aromatic rings. The van der Waals surface area contributed by atoms with E-state index in [9.17, 15) is 20.4 Å². The average Bonchev–Trinajstić information content (AvgIpc) is 3.31. The summed E-state index contributed by atoms with van der Waals surface area (Å²) in [7, 11) is 0. The van der Waals surface area contributed by atoms with Crippen molar-refractivity contribution in [2.75, 3.05) is 19.8 Å². The fourth-order valence-electron chi connectivity index (χ4n) is 4.08. The molecule has 0 radical (unpaired) electrons. The second kappa shape index (κ2) is 12.0. The largest absolute Gasteiger partial charge is 0.494 e. The van der Waals surface area contributed by atoms with Crippen molar-refractivity contribution in [1.82, 2.24) is 10.2 Å². The molecule has 1 aliphatic rings. The summed E-state index contributed by atoms with van der Waals surface area (Å²) in [6.07, 6.45) is -4.87. The molecule has 1 aromatic heterocycles. The van der Waals surface area contributed by atoms with Gasteiger partial charge in [0.15, 0.2) is 0 Å². The SMILES string of the molecule is [N-]=[N+]=NCCCOc1ccc(CCc2cccc3[nH]nc(O[C@@H]4O[C@H](CO)[C@@H](O)[C@H](O)[C@H]4O)c23)cc1. The highest BCUT2D eigenvalue weighted by molar-refractivity contribution is 5.87. The highest BCUT2D eigenvalue weighted by atomic mass is 16.7. The van der Waals surface area contributed by atoms with Crippen molar-refractivity contribution in [1.29, 1.82) is 0 Å². The molecule has 0 aliphatic carbocycles. The second-order valence-corrected chi connectivity index (χ2v) is 8.48. The van der Waals surface area contributed by atoms with Crippen LogP contribution in [0.1, 0.15) is 17.5 Å². The number of fused-ring (bicyclic) bond motifs is 1. The van der Waals surface area contributed by atoms with Gasteiger partial charge >= 0.3 is 0 Å². The molecule has 0 saturated carbocycles. The lowest BCUT2D eigenvalue weighted by Gasteiger charge is -2.39. The molecule has 2 aromatic carbocycles. The molecule has 12 nitrogen and oxygen atoms in total. The van der Waals surface area contributed by atoms with Gasteiger partial charge in [0.2, 0.25) is 12.2 Å². The Balaban J connectivity index is 1.42. The molecule has 1 aliphatic heterocycles. The summed E-state index contributed by atoms with van der Waals surface area (Å²) in [5, 5.41) is 51.1. The van der Waals surface area contributed by atoms with Crippen LogP contribution in [0.4, 0.5) is 0 Å². The molecule has 1 saturated heterocycles. The predicted octanol–water partition coefficient (Wildman–Crippen LogP) is 1.61. The Labute approximate surface area is 206 Å². The lowest BCUT2D eigenvalue weighted by molar-refractivity contribution is -0.277. The van der Waals surface area contributed by atoms with E-state index in [1.807, 2.05) is 42.5 Å². The zero-order chi connectivity index (χ0) is 25.5. The van der Waals surface area contributed by atoms with Gasteiger partial charge in [-0.3, -0.25) is 5.10 Å². The summed E-state index contributed by atoms with van der Waals surface area (Å²) < 4.78 is 16.9. The number of aliphatic hydroxyl groups is 4. The van der Waals surface area contributed by atoms with Crippen LogP contribution in [0.25, 0.3) is 21.3 Å². The molecule has 36 heavy (non-hydrogen) atoms. The van der Waals surface area contributed by atoms with Crippen LogP contribution in [0.2, 0.25) is 0 Å². The van der Waals surface area contributed by atoms with Crippen LogP contribution in [-0.2, 0) is 17.6 Å². The van der Waals surface area contributed by atoms with Gasteiger partial charge in [-0.05, 0) is 54.1 Å². The number of benzene rings is 2. The Morgan fingerprint density at radius 2 is 1.86 bits per heavy atom. The number of nitrogens with zero attached hydrogens (tertiary/aromatic N) is 4. The maximum absolute atomic E-state index is 10.3. The van der Waals surface area contributed by atoms with E-state index in [0.717, 1.165) is 34.2 Å². The van der Waals surface area contributed by atoms with E-state index in [-0.39, 0.29) is 5.88 Å². The van der Waals surface area contributed by atoms with Crippen LogP contribution in [-0.4, -0.2) is 81.1 Å². The molecule has 1 fully saturated rings. The smallest absolute Gasteiger partial charge is 0.243 e. The summed E-state index contributed by atoms with van der Waals surface area (Å²) in [5.41, 5.74) is 11.1. The fraction of sp³-hybridized carbons (Fsp3) is 0.458. The van der Waals surface area contributed by atoms with Gasteiger partial charge in [-0.25, -0.2) is 0 Å². The van der Waals surface area contributed by atoms with Crippen molar-refractivity contribution >= 4 is 10.9 Å². The number of aliphatic hydroxyl groups excluding tert-OH is 4. The van der Waals surface area contributed by atoms with E-state index < -0.39 is 37.3 Å². The van der Waals surface area contributed by atoms with Crippen LogP contribution < -0.4 is 9.47 Å². The molecule has 5 atom stereocenters. The molecule has 0 amide bonds. The van der Waals surface area contributed by atoms with Crippen molar-refractivity contribution in [3.05, 3.63) is 64.0 Å². The van der Waals surface area contributed by atoms with Crippen molar-refractivity contribution in [3.63, 3.8) is 0 Å². The topological polar surface area (TPSA) is 186 Å². The third kappa shape index (κ3) is 5.88. The number of hydrogen-bond acceptors (Lipinski definition) is 9. The first-order valence-electron chi connectivity index (χ1n) is 11.7. The second-order valence-electron chi connectivity index (χ2n) is 8.48. The molecule has 4 rings (SSSR count). The monoisotopic (exact) mass is 499 g/mol. The van der Waals surface area contributed by atoms with Crippen molar-refractivity contribution in [2.45, 2.75) is 50.0 Å². The van der Waals surface area contributed by atoms with E-state index in [1.165, 1.54) is 0 Å². The molecule has 0 bridgehead atoms. The summed E-state index contributed by atoms with van der Waals surface area (Å²) in [6, 6.07) is 13.5. The van der Waals surface area contributed by atoms with Crippen LogP contribution in [0.3, 0.4) is 0 Å². The lowest BCUT2D eigenvalue weighted by Crippen LogP contribution is -2.60. The third-order valence-electron chi connectivity index (χ3n) is 6.06. The number of nitrogens with one attached hydrogen (secondary N) is 1. The molecule has 5 N–H and O–H groups in total. The average molecular weight is 500 g/mol. The number of ether oxygens (including phenoxy) is 3. The minimum absolute atomic E-state index is 0.189. The van der Waals surface area contributed by atoms with E-state index in [2.05, 4.69) is 20.2 Å². The first-order chi connectivity index (χ1) is 17.5. The number of H-pyrrole nitrogens is 1. The number of rotatable bonds is 11. The van der Waals surface area contributed by atoms with Gasteiger partial charge in [-0.15, -0.1) is 5.10 Å². The van der Waals surface area contributed by atoms with Crippen LogP contribution in [0.15, 0.2) is 47.6 Å². The number of azide groups is 1. The van der Waals surface area contributed by atoms with Crippen molar-refractivity contribution in [2.24, 2.45) is 5.11 Å². The van der Waals surface area contributed by atoms with Gasteiger partial charge in [-0.2, -0.15) is 0 Å². The minimum Gasteiger partial charge on any atom is -0.494 e. The third-order valence-corrected chi connectivity index (χ3v) is 6.06. The Bertz CT molecular complexity index is 1180. The first-order valence-corrected chi connectivity index (χ1v) is 11.7. The highest BCUT2D eigenvalue weighted by Crippen LogP contribution is 2.31. The summed E-state index contributed by atoms with van der Waals surface area (Å²) in [4.78, 5) is 2.71. The molecule has 12 heteroatoms.